The Kier molecular flexibility index (Phi) is 6.70. The van der Waals surface area contributed by atoms with Gasteiger partial charge < -0.3 is 20.4 Å². The number of hydrogen-bond acceptors (Lipinski definition) is 5. The second-order valence-corrected chi connectivity index (χ2v) is 3.88. The average molecular weight is 287 g/mol. The molecule has 3 N–H and O–H groups in total. The number of alkyl halides is 1. The number of amidine groups is 1. The van der Waals surface area contributed by atoms with Gasteiger partial charge in [-0.15, -0.1) is 11.6 Å². The van der Waals surface area contributed by atoms with Crippen LogP contribution in [0.25, 0.3) is 0 Å². The zero-order valence-electron chi connectivity index (χ0n) is 10.2. The first-order chi connectivity index (χ1) is 9.19. The summed E-state index contributed by atoms with van der Waals surface area (Å²) in [5.74, 6) is -0.169. The van der Waals surface area contributed by atoms with Crippen LogP contribution in [0, 0.1) is 0 Å². The molecule has 104 valence electrons. The maximum Gasteiger partial charge on any atom is 0.338 e. The number of nitrogens with zero attached hydrogens (tertiary/aromatic N) is 1. The summed E-state index contributed by atoms with van der Waals surface area (Å²) in [6, 6.07) is 6.30. The Morgan fingerprint density at radius 1 is 1.32 bits per heavy atom. The molecule has 0 aliphatic heterocycles. The highest BCUT2D eigenvalue weighted by atomic mass is 35.5. The maximum absolute atomic E-state index is 11.7. The van der Waals surface area contributed by atoms with E-state index in [2.05, 4.69) is 5.16 Å². The van der Waals surface area contributed by atoms with E-state index in [4.69, 9.17) is 32.0 Å². The molecule has 0 fully saturated rings. The molecule has 1 aromatic rings. The van der Waals surface area contributed by atoms with E-state index in [0.29, 0.717) is 30.2 Å². The van der Waals surface area contributed by atoms with Crippen LogP contribution >= 0.6 is 11.6 Å². The Labute approximate surface area is 115 Å². The minimum atomic E-state index is -0.498. The third-order valence-corrected chi connectivity index (χ3v) is 2.34. The molecule has 0 aromatic heterocycles. The van der Waals surface area contributed by atoms with Crippen molar-refractivity contribution in [3.63, 3.8) is 0 Å². The molecular weight excluding hydrogens is 272 g/mol. The number of carbonyl (C=O) groups excluding carboxylic acids is 1. The molecule has 1 aromatic carbocycles. The van der Waals surface area contributed by atoms with Crippen molar-refractivity contribution in [2.75, 3.05) is 25.7 Å². The van der Waals surface area contributed by atoms with Crippen LogP contribution < -0.4 is 5.73 Å². The van der Waals surface area contributed by atoms with E-state index in [0.717, 1.165) is 0 Å². The summed E-state index contributed by atoms with van der Waals surface area (Å²) in [6.45, 7) is 0.847. The molecule has 0 bridgehead atoms. The molecule has 0 saturated carbocycles. The summed E-state index contributed by atoms with van der Waals surface area (Å²) < 4.78 is 10.1. The van der Waals surface area contributed by atoms with Crippen LogP contribution in [0.3, 0.4) is 0 Å². The fourth-order valence-corrected chi connectivity index (χ4v) is 1.41. The Balaban J connectivity index is 2.53. The van der Waals surface area contributed by atoms with Crippen molar-refractivity contribution in [2.45, 2.75) is 0 Å². The van der Waals surface area contributed by atoms with Gasteiger partial charge in [-0.2, -0.15) is 0 Å². The van der Waals surface area contributed by atoms with E-state index in [9.17, 15) is 4.79 Å². The molecular formula is C12H15ClN2O4. The minimum Gasteiger partial charge on any atom is -0.460 e. The molecule has 0 saturated heterocycles. The van der Waals surface area contributed by atoms with E-state index in [1.807, 2.05) is 0 Å². The molecule has 0 heterocycles. The first kappa shape index (κ1) is 15.3. The Hall–Kier alpha value is -1.79. The molecule has 0 aliphatic carbocycles. The summed E-state index contributed by atoms with van der Waals surface area (Å²) in [6.07, 6.45) is 0. The van der Waals surface area contributed by atoms with Crippen molar-refractivity contribution in [2.24, 2.45) is 10.9 Å². The van der Waals surface area contributed by atoms with Gasteiger partial charge in [0.25, 0.3) is 0 Å². The Morgan fingerprint density at radius 3 is 2.74 bits per heavy atom. The summed E-state index contributed by atoms with van der Waals surface area (Å²) >= 11 is 5.42. The van der Waals surface area contributed by atoms with Gasteiger partial charge in [-0.05, 0) is 12.1 Å². The van der Waals surface area contributed by atoms with Crippen LogP contribution in [-0.2, 0) is 9.47 Å². The monoisotopic (exact) mass is 286 g/mol. The van der Waals surface area contributed by atoms with Gasteiger partial charge in [0.2, 0.25) is 0 Å². The number of nitrogens with two attached hydrogens (primary N) is 1. The number of esters is 1. The number of ether oxygens (including phenoxy) is 2. The quantitative estimate of drug-likeness (QED) is 0.149. The largest absolute Gasteiger partial charge is 0.460 e. The van der Waals surface area contributed by atoms with Crippen LogP contribution in [0.5, 0.6) is 0 Å². The van der Waals surface area contributed by atoms with E-state index >= 15 is 0 Å². The first-order valence-electron chi connectivity index (χ1n) is 5.58. The van der Waals surface area contributed by atoms with E-state index < -0.39 is 5.97 Å². The molecule has 0 radical (unpaired) electrons. The molecule has 6 nitrogen and oxygen atoms in total. The Morgan fingerprint density at radius 2 is 2.05 bits per heavy atom. The lowest BCUT2D eigenvalue weighted by Crippen LogP contribution is -2.15. The predicted molar refractivity (Wildman–Crippen MR) is 70.8 cm³/mol. The standard InChI is InChI=1S/C12H15ClN2O4/c13-4-5-18-6-7-19-12(16)10-3-1-2-9(8-10)11(14)15-17/h1-3,8,17H,4-7H2,(H2,14,15). The van der Waals surface area contributed by atoms with Crippen LogP contribution in [0.1, 0.15) is 15.9 Å². The number of carbonyl (C=O) groups is 1. The molecule has 0 spiro atoms. The van der Waals surface area contributed by atoms with Gasteiger partial charge in [0.1, 0.15) is 6.61 Å². The lowest BCUT2D eigenvalue weighted by molar-refractivity contribution is 0.0338. The van der Waals surface area contributed by atoms with Gasteiger partial charge in [0, 0.05) is 11.4 Å². The van der Waals surface area contributed by atoms with Gasteiger partial charge in [-0.3, -0.25) is 0 Å². The maximum atomic E-state index is 11.7. The van der Waals surface area contributed by atoms with Gasteiger partial charge in [-0.25, -0.2) is 4.79 Å². The lowest BCUT2D eigenvalue weighted by atomic mass is 10.1. The average Bonchev–Trinajstić information content (AvgIpc) is 2.46. The second-order valence-electron chi connectivity index (χ2n) is 3.50. The number of halogens is 1. The highest BCUT2D eigenvalue weighted by Gasteiger charge is 2.09. The summed E-state index contributed by atoms with van der Waals surface area (Å²) in [5, 5.41) is 11.4. The van der Waals surface area contributed by atoms with Crippen molar-refractivity contribution >= 4 is 23.4 Å². The number of oxime groups is 1. The number of rotatable bonds is 7. The predicted octanol–water partition coefficient (Wildman–Crippen LogP) is 1.19. The first-order valence-corrected chi connectivity index (χ1v) is 6.11. The van der Waals surface area contributed by atoms with Crippen molar-refractivity contribution < 1.29 is 19.5 Å². The second kappa shape index (κ2) is 8.34. The van der Waals surface area contributed by atoms with Crippen LogP contribution in [0.2, 0.25) is 0 Å². The van der Waals surface area contributed by atoms with Crippen molar-refractivity contribution in [3.8, 4) is 0 Å². The highest BCUT2D eigenvalue weighted by Crippen LogP contribution is 2.06. The third-order valence-electron chi connectivity index (χ3n) is 2.18. The van der Waals surface area contributed by atoms with E-state index in [1.165, 1.54) is 6.07 Å². The van der Waals surface area contributed by atoms with Gasteiger partial charge in [0.05, 0.1) is 18.8 Å². The van der Waals surface area contributed by atoms with Gasteiger partial charge >= 0.3 is 5.97 Å². The van der Waals surface area contributed by atoms with E-state index in [1.54, 1.807) is 18.2 Å². The number of benzene rings is 1. The summed E-state index contributed by atoms with van der Waals surface area (Å²) in [7, 11) is 0. The topological polar surface area (TPSA) is 94.1 Å². The molecule has 19 heavy (non-hydrogen) atoms. The van der Waals surface area contributed by atoms with Gasteiger partial charge in [0.15, 0.2) is 5.84 Å². The van der Waals surface area contributed by atoms with Crippen LogP contribution in [0.15, 0.2) is 29.4 Å². The SMILES string of the molecule is N/C(=N/O)c1cccc(C(=O)OCCOCCCl)c1. The van der Waals surface area contributed by atoms with Crippen molar-refractivity contribution in [1.29, 1.82) is 0 Å². The zero-order valence-corrected chi connectivity index (χ0v) is 11.0. The summed E-state index contributed by atoms with van der Waals surface area (Å²) in [5.41, 5.74) is 6.19. The molecule has 0 atom stereocenters. The van der Waals surface area contributed by atoms with Crippen molar-refractivity contribution in [3.05, 3.63) is 35.4 Å². The van der Waals surface area contributed by atoms with Crippen LogP contribution in [0.4, 0.5) is 0 Å². The summed E-state index contributed by atoms with van der Waals surface area (Å²) in [4.78, 5) is 11.7. The van der Waals surface area contributed by atoms with Crippen molar-refractivity contribution in [1.82, 2.24) is 0 Å². The number of hydrogen-bond donors (Lipinski definition) is 2. The molecule has 7 heteroatoms. The Bertz CT molecular complexity index is 451. The highest BCUT2D eigenvalue weighted by molar-refractivity contribution is 6.17. The minimum absolute atomic E-state index is 0.0694. The molecule has 0 amide bonds. The normalized spacial score (nSPS) is 11.3. The van der Waals surface area contributed by atoms with Gasteiger partial charge in [-0.1, -0.05) is 17.3 Å². The van der Waals surface area contributed by atoms with Crippen LogP contribution in [-0.4, -0.2) is 42.7 Å². The smallest absolute Gasteiger partial charge is 0.338 e. The fraction of sp³-hybridized carbons (Fsp3) is 0.333. The fourth-order valence-electron chi connectivity index (χ4n) is 1.30. The molecule has 0 aliphatic rings. The van der Waals surface area contributed by atoms with E-state index in [-0.39, 0.29) is 12.4 Å². The molecule has 1 rings (SSSR count). The zero-order chi connectivity index (χ0) is 14.1. The lowest BCUT2D eigenvalue weighted by Gasteiger charge is -2.06. The molecule has 0 unspecified atom stereocenters. The third kappa shape index (κ3) is 5.15.